The smallest absolute Gasteiger partial charge is 0.128 e. The minimum Gasteiger partial charge on any atom is -0.496 e. The lowest BCUT2D eigenvalue weighted by molar-refractivity contribution is 0.414. The Balaban J connectivity index is 0.00000127. The average Bonchev–Trinajstić information content (AvgIpc) is 3.55. The van der Waals surface area contributed by atoms with Crippen molar-refractivity contribution in [3.05, 3.63) is 54.2 Å². The molecule has 0 amide bonds. The van der Waals surface area contributed by atoms with Crippen LogP contribution in [0.25, 0.3) is 39.1 Å². The van der Waals surface area contributed by atoms with Crippen molar-refractivity contribution in [2.45, 2.75) is 48.5 Å². The van der Waals surface area contributed by atoms with Crippen molar-refractivity contribution in [3.63, 3.8) is 0 Å². The molecule has 0 atom stereocenters. The number of hydrogen-bond acceptors (Lipinski definition) is 4. The summed E-state index contributed by atoms with van der Waals surface area (Å²) >= 11 is 0. The highest BCUT2D eigenvalue weighted by atomic mass is 16.5. The van der Waals surface area contributed by atoms with Crippen LogP contribution < -0.4 is 9.64 Å². The van der Waals surface area contributed by atoms with Crippen LogP contribution in [-0.4, -0.2) is 35.4 Å². The predicted molar refractivity (Wildman–Crippen MR) is 154 cm³/mol. The Labute approximate surface area is 211 Å². The van der Waals surface area contributed by atoms with Gasteiger partial charge in [-0.25, -0.2) is 0 Å². The lowest BCUT2D eigenvalue weighted by atomic mass is 10.00. The van der Waals surface area contributed by atoms with E-state index in [9.17, 15) is 0 Å². The number of fused-ring (bicyclic) bond motifs is 3. The molecule has 2 aromatic carbocycles. The van der Waals surface area contributed by atoms with E-state index in [0.717, 1.165) is 63.0 Å². The Morgan fingerprint density at radius 3 is 2.54 bits per heavy atom. The van der Waals surface area contributed by atoms with Crippen molar-refractivity contribution in [2.75, 3.05) is 25.1 Å². The summed E-state index contributed by atoms with van der Waals surface area (Å²) in [6.07, 6.45) is 6.08. The quantitative estimate of drug-likeness (QED) is 0.306. The van der Waals surface area contributed by atoms with Gasteiger partial charge in [-0.05, 0) is 38.0 Å². The van der Waals surface area contributed by atoms with Crippen LogP contribution in [0.3, 0.4) is 0 Å². The number of hydrogen-bond donors (Lipinski definition) is 1. The van der Waals surface area contributed by atoms with Gasteiger partial charge in [0.2, 0.25) is 0 Å². The molecule has 1 aliphatic heterocycles. The van der Waals surface area contributed by atoms with Gasteiger partial charge >= 0.3 is 0 Å². The van der Waals surface area contributed by atoms with Gasteiger partial charge in [-0.15, -0.1) is 5.92 Å². The van der Waals surface area contributed by atoms with Gasteiger partial charge in [-0.1, -0.05) is 53.3 Å². The number of ether oxygens (including phenoxy) is 1. The van der Waals surface area contributed by atoms with Gasteiger partial charge in [0.25, 0.3) is 0 Å². The summed E-state index contributed by atoms with van der Waals surface area (Å²) in [5.41, 5.74) is 6.94. The minimum absolute atomic E-state index is 0. The van der Waals surface area contributed by atoms with Crippen LogP contribution in [0.1, 0.15) is 61.0 Å². The zero-order valence-corrected chi connectivity index (χ0v) is 19.8. The van der Waals surface area contributed by atoms with Gasteiger partial charge in [-0.3, -0.25) is 10.1 Å². The van der Waals surface area contributed by atoms with Gasteiger partial charge in [0, 0.05) is 48.0 Å². The molecule has 5 nitrogen and oxygen atoms in total. The molecule has 2 aromatic heterocycles. The van der Waals surface area contributed by atoms with Gasteiger partial charge in [0.05, 0.1) is 30.0 Å². The molecule has 0 bridgehead atoms. The summed E-state index contributed by atoms with van der Waals surface area (Å²) in [5.74, 6) is 7.08. The zero-order valence-electron chi connectivity index (χ0n) is 19.8. The standard InChI is InChI=1S/C26H24N4O.C2H6.2CH4.H2/c1-4-8-18-9-10-19(14-23(18)30-11-6-7-12-30)26-25-20-13-17(5-2)24(31-3)15-21(20)27-16-22(25)28-29-26;1-2;;;/h5,9-10,13-16H,2,6-7,11-12H2,1,3H3,(H,28,29);1-2H3;2*1H4;1H. The first-order valence-corrected chi connectivity index (χ1v) is 11.5. The van der Waals surface area contributed by atoms with Crippen LogP contribution in [-0.2, 0) is 0 Å². The molecule has 5 heteroatoms. The van der Waals surface area contributed by atoms with Crippen LogP contribution in [0.2, 0.25) is 0 Å². The molecule has 1 fully saturated rings. The fourth-order valence-electron chi connectivity index (χ4n) is 4.43. The molecular formula is C30H40N4O. The maximum atomic E-state index is 5.51. The van der Waals surface area contributed by atoms with Crippen molar-refractivity contribution >= 4 is 33.6 Å². The average molecular weight is 473 g/mol. The Morgan fingerprint density at radius 2 is 1.89 bits per heavy atom. The van der Waals surface area contributed by atoms with Crippen LogP contribution in [0.4, 0.5) is 5.69 Å². The van der Waals surface area contributed by atoms with E-state index >= 15 is 0 Å². The summed E-state index contributed by atoms with van der Waals surface area (Å²) in [6, 6.07) is 10.5. The fourth-order valence-corrected chi connectivity index (χ4v) is 4.43. The van der Waals surface area contributed by atoms with E-state index in [-0.39, 0.29) is 16.3 Å². The van der Waals surface area contributed by atoms with Crippen molar-refractivity contribution in [1.82, 2.24) is 15.2 Å². The third-order valence-corrected chi connectivity index (χ3v) is 5.94. The van der Waals surface area contributed by atoms with Gasteiger partial charge < -0.3 is 9.64 Å². The molecule has 0 radical (unpaired) electrons. The SMILES string of the molecule is C.C.C=Cc1cc2c(cc1OC)ncc1[nH]nc(-c3ccc(C#CC)c(N4CCCC4)c3)c12.CC.[HH]. The number of aromatic nitrogens is 3. The predicted octanol–water partition coefficient (Wildman–Crippen LogP) is 7.95. The highest BCUT2D eigenvalue weighted by Gasteiger charge is 2.19. The molecule has 0 saturated carbocycles. The Hall–Kier alpha value is -3.78. The van der Waals surface area contributed by atoms with Crippen molar-refractivity contribution in [3.8, 4) is 28.8 Å². The molecule has 0 aliphatic carbocycles. The molecule has 1 N–H and O–H groups in total. The molecule has 1 aliphatic rings. The minimum atomic E-state index is 0. The van der Waals surface area contributed by atoms with E-state index < -0.39 is 0 Å². The number of benzene rings is 2. The third-order valence-electron chi connectivity index (χ3n) is 5.94. The maximum absolute atomic E-state index is 5.51. The van der Waals surface area contributed by atoms with Crippen molar-refractivity contribution in [2.24, 2.45) is 0 Å². The maximum Gasteiger partial charge on any atom is 0.128 e. The monoisotopic (exact) mass is 472 g/mol. The second-order valence-corrected chi connectivity index (χ2v) is 7.74. The Kier molecular flexibility index (Phi) is 9.48. The lowest BCUT2D eigenvalue weighted by Crippen LogP contribution is -2.18. The molecule has 4 aromatic rings. The van der Waals surface area contributed by atoms with E-state index in [1.165, 1.54) is 18.5 Å². The largest absolute Gasteiger partial charge is 0.496 e. The van der Waals surface area contributed by atoms with Crippen molar-refractivity contribution < 1.29 is 6.16 Å². The number of anilines is 1. The second kappa shape index (κ2) is 12.1. The van der Waals surface area contributed by atoms with E-state index in [1.54, 1.807) is 13.2 Å². The van der Waals surface area contributed by atoms with Crippen LogP contribution >= 0.6 is 0 Å². The molecule has 3 heterocycles. The first kappa shape index (κ1) is 27.5. The first-order valence-electron chi connectivity index (χ1n) is 11.5. The molecule has 1 saturated heterocycles. The number of nitrogens with zero attached hydrogens (tertiary/aromatic N) is 3. The summed E-state index contributed by atoms with van der Waals surface area (Å²) in [6.45, 7) is 12.0. The van der Waals surface area contributed by atoms with Crippen LogP contribution in [0.15, 0.2) is 43.1 Å². The van der Waals surface area contributed by atoms with Gasteiger partial charge in [-0.2, -0.15) is 5.10 Å². The number of methoxy groups -OCH3 is 1. The number of nitrogens with one attached hydrogen (secondary N) is 1. The lowest BCUT2D eigenvalue weighted by Gasteiger charge is -2.20. The zero-order chi connectivity index (χ0) is 23.4. The molecule has 0 unspecified atom stereocenters. The van der Waals surface area contributed by atoms with Gasteiger partial charge in [0.1, 0.15) is 11.4 Å². The summed E-state index contributed by atoms with van der Waals surface area (Å²) in [5, 5.41) is 9.92. The van der Waals surface area contributed by atoms with Crippen molar-refractivity contribution in [1.29, 1.82) is 0 Å². The summed E-state index contributed by atoms with van der Waals surface area (Å²) < 4.78 is 5.51. The highest BCUT2D eigenvalue weighted by Crippen LogP contribution is 2.37. The molecule has 186 valence electrons. The van der Waals surface area contributed by atoms with E-state index in [2.05, 4.69) is 62.8 Å². The molecular weight excluding hydrogens is 432 g/mol. The number of pyridine rings is 1. The molecule has 5 rings (SSSR count). The summed E-state index contributed by atoms with van der Waals surface area (Å²) in [7, 11) is 1.66. The normalized spacial score (nSPS) is 12.1. The van der Waals surface area contributed by atoms with E-state index in [4.69, 9.17) is 4.74 Å². The second-order valence-electron chi connectivity index (χ2n) is 7.74. The number of aromatic amines is 1. The third kappa shape index (κ3) is 5.02. The topological polar surface area (TPSA) is 54.0 Å². The Morgan fingerprint density at radius 1 is 1.14 bits per heavy atom. The van der Waals surface area contributed by atoms with E-state index in [0.29, 0.717) is 0 Å². The van der Waals surface area contributed by atoms with Crippen LogP contribution in [0, 0.1) is 11.8 Å². The fraction of sp³-hybridized carbons (Fsp3) is 0.333. The first-order chi connectivity index (χ1) is 16.2. The summed E-state index contributed by atoms with van der Waals surface area (Å²) in [4.78, 5) is 7.04. The molecule has 35 heavy (non-hydrogen) atoms. The van der Waals surface area contributed by atoms with Gasteiger partial charge in [0.15, 0.2) is 0 Å². The Bertz CT molecular complexity index is 1370. The van der Waals surface area contributed by atoms with E-state index in [1.807, 2.05) is 33.0 Å². The molecule has 0 spiro atoms. The number of rotatable bonds is 4. The highest BCUT2D eigenvalue weighted by molar-refractivity contribution is 6.12. The number of H-pyrrole nitrogens is 1. The van der Waals surface area contributed by atoms with Crippen LogP contribution in [0.5, 0.6) is 5.75 Å².